The van der Waals surface area contributed by atoms with Gasteiger partial charge in [0, 0.05) is 32.2 Å². The quantitative estimate of drug-likeness (QED) is 0.793. The lowest BCUT2D eigenvalue weighted by molar-refractivity contribution is -0.118. The van der Waals surface area contributed by atoms with Crippen LogP contribution in [0.1, 0.15) is 5.82 Å². The number of carbonyl (C=O) groups is 1. The SMILES string of the molecule is COCC(N)C(=O)Nc1ccc(OCc2nccn2C)cc1. The Kier molecular flexibility index (Phi) is 5.51. The minimum absolute atomic E-state index is 0.177. The van der Waals surface area contributed by atoms with Gasteiger partial charge in [0.2, 0.25) is 5.91 Å². The van der Waals surface area contributed by atoms with Crippen LogP contribution in [0.15, 0.2) is 36.7 Å². The zero-order valence-corrected chi connectivity index (χ0v) is 12.7. The van der Waals surface area contributed by atoms with Crippen molar-refractivity contribution in [3.63, 3.8) is 0 Å². The molecule has 0 saturated carbocycles. The van der Waals surface area contributed by atoms with Gasteiger partial charge in [0.25, 0.3) is 0 Å². The molecule has 0 aliphatic heterocycles. The van der Waals surface area contributed by atoms with Crippen molar-refractivity contribution in [1.82, 2.24) is 9.55 Å². The van der Waals surface area contributed by atoms with Gasteiger partial charge < -0.3 is 25.1 Å². The van der Waals surface area contributed by atoms with Gasteiger partial charge >= 0.3 is 0 Å². The average molecular weight is 304 g/mol. The Morgan fingerprint density at radius 2 is 2.14 bits per heavy atom. The van der Waals surface area contributed by atoms with E-state index in [-0.39, 0.29) is 12.5 Å². The lowest BCUT2D eigenvalue weighted by atomic mass is 10.2. The Morgan fingerprint density at radius 1 is 1.41 bits per heavy atom. The molecular formula is C15H20N4O3. The second-order valence-corrected chi connectivity index (χ2v) is 4.82. The number of anilines is 1. The first kappa shape index (κ1) is 16.0. The number of hydrogen-bond donors (Lipinski definition) is 2. The third-order valence-corrected chi connectivity index (χ3v) is 3.09. The summed E-state index contributed by atoms with van der Waals surface area (Å²) in [5.74, 6) is 1.24. The van der Waals surface area contributed by atoms with Gasteiger partial charge in [-0.05, 0) is 24.3 Å². The lowest BCUT2D eigenvalue weighted by Gasteiger charge is -2.12. The molecule has 0 saturated heterocycles. The van der Waals surface area contributed by atoms with Crippen molar-refractivity contribution in [2.24, 2.45) is 12.8 Å². The number of amides is 1. The fourth-order valence-corrected chi connectivity index (χ4v) is 1.81. The maximum atomic E-state index is 11.7. The van der Waals surface area contributed by atoms with Gasteiger partial charge in [0.05, 0.1) is 6.61 Å². The number of hydrogen-bond acceptors (Lipinski definition) is 5. The molecule has 0 fully saturated rings. The van der Waals surface area contributed by atoms with Gasteiger partial charge in [0.1, 0.15) is 24.2 Å². The third-order valence-electron chi connectivity index (χ3n) is 3.09. The van der Waals surface area contributed by atoms with Crippen molar-refractivity contribution < 1.29 is 14.3 Å². The summed E-state index contributed by atoms with van der Waals surface area (Å²) in [5, 5.41) is 2.72. The number of ether oxygens (including phenoxy) is 2. The van der Waals surface area contributed by atoms with Crippen LogP contribution in [-0.2, 0) is 23.2 Å². The van der Waals surface area contributed by atoms with Crippen LogP contribution in [0.25, 0.3) is 0 Å². The summed E-state index contributed by atoms with van der Waals surface area (Å²) in [5.41, 5.74) is 6.30. The van der Waals surface area contributed by atoms with Gasteiger partial charge in [-0.25, -0.2) is 4.98 Å². The summed E-state index contributed by atoms with van der Waals surface area (Å²) in [6.45, 7) is 0.560. The molecule has 22 heavy (non-hydrogen) atoms. The number of rotatable bonds is 7. The minimum Gasteiger partial charge on any atom is -0.486 e. The van der Waals surface area contributed by atoms with Crippen LogP contribution in [-0.4, -0.2) is 35.2 Å². The van der Waals surface area contributed by atoms with E-state index in [9.17, 15) is 4.79 Å². The Hall–Kier alpha value is -2.38. The van der Waals surface area contributed by atoms with Gasteiger partial charge in [0.15, 0.2) is 0 Å². The number of carbonyl (C=O) groups excluding carboxylic acids is 1. The molecule has 2 rings (SSSR count). The molecule has 0 aliphatic rings. The predicted octanol–water partition coefficient (Wildman–Crippen LogP) is 0.911. The smallest absolute Gasteiger partial charge is 0.243 e. The molecule has 0 spiro atoms. The minimum atomic E-state index is -0.690. The summed E-state index contributed by atoms with van der Waals surface area (Å²) in [6, 6.07) is 6.38. The zero-order valence-electron chi connectivity index (χ0n) is 12.7. The van der Waals surface area contributed by atoms with Crippen molar-refractivity contribution in [2.45, 2.75) is 12.6 Å². The van der Waals surface area contributed by atoms with Gasteiger partial charge in [-0.3, -0.25) is 4.79 Å². The van der Waals surface area contributed by atoms with Crippen molar-refractivity contribution in [1.29, 1.82) is 0 Å². The Balaban J connectivity index is 1.87. The first-order chi connectivity index (χ1) is 10.6. The number of nitrogens with two attached hydrogens (primary N) is 1. The average Bonchev–Trinajstić information content (AvgIpc) is 2.92. The molecule has 7 heteroatoms. The van der Waals surface area contributed by atoms with Crippen LogP contribution in [0.4, 0.5) is 5.69 Å². The molecule has 2 aromatic rings. The Labute approximate surface area is 129 Å². The number of nitrogens with one attached hydrogen (secondary N) is 1. The van der Waals surface area contributed by atoms with E-state index in [0.717, 1.165) is 5.82 Å². The second kappa shape index (κ2) is 7.58. The van der Waals surface area contributed by atoms with E-state index >= 15 is 0 Å². The molecule has 118 valence electrons. The number of aromatic nitrogens is 2. The normalized spacial score (nSPS) is 12.0. The number of nitrogens with zero attached hydrogens (tertiary/aromatic N) is 2. The molecule has 1 aromatic heterocycles. The highest BCUT2D eigenvalue weighted by molar-refractivity contribution is 5.94. The molecule has 1 amide bonds. The first-order valence-electron chi connectivity index (χ1n) is 6.84. The molecule has 1 unspecified atom stereocenters. The molecule has 1 heterocycles. The van der Waals surface area contributed by atoms with Gasteiger partial charge in [-0.1, -0.05) is 0 Å². The maximum Gasteiger partial charge on any atom is 0.243 e. The molecule has 1 aromatic carbocycles. The van der Waals surface area contributed by atoms with E-state index in [4.69, 9.17) is 15.2 Å². The topological polar surface area (TPSA) is 91.4 Å². The van der Waals surface area contributed by atoms with E-state index in [1.54, 1.807) is 30.5 Å². The van der Waals surface area contributed by atoms with E-state index in [2.05, 4.69) is 10.3 Å². The van der Waals surface area contributed by atoms with Crippen molar-refractivity contribution >= 4 is 11.6 Å². The largest absolute Gasteiger partial charge is 0.486 e. The summed E-state index contributed by atoms with van der Waals surface area (Å²) >= 11 is 0. The van der Waals surface area contributed by atoms with Crippen LogP contribution in [0, 0.1) is 0 Å². The monoisotopic (exact) mass is 304 g/mol. The third kappa shape index (κ3) is 4.31. The van der Waals surface area contributed by atoms with Gasteiger partial charge in [-0.2, -0.15) is 0 Å². The van der Waals surface area contributed by atoms with Crippen LogP contribution in [0.5, 0.6) is 5.75 Å². The van der Waals surface area contributed by atoms with E-state index < -0.39 is 6.04 Å². The van der Waals surface area contributed by atoms with Crippen molar-refractivity contribution in [3.05, 3.63) is 42.5 Å². The van der Waals surface area contributed by atoms with Crippen LogP contribution >= 0.6 is 0 Å². The first-order valence-corrected chi connectivity index (χ1v) is 6.84. The number of aryl methyl sites for hydroxylation is 1. The summed E-state index contributed by atoms with van der Waals surface area (Å²) < 4.78 is 12.4. The van der Waals surface area contributed by atoms with Crippen LogP contribution in [0.2, 0.25) is 0 Å². The Morgan fingerprint density at radius 3 is 2.73 bits per heavy atom. The fourth-order valence-electron chi connectivity index (χ4n) is 1.81. The molecule has 0 radical (unpaired) electrons. The zero-order chi connectivity index (χ0) is 15.9. The Bertz CT molecular complexity index is 610. The molecular weight excluding hydrogens is 284 g/mol. The van der Waals surface area contributed by atoms with E-state index in [0.29, 0.717) is 18.0 Å². The maximum absolute atomic E-state index is 11.7. The summed E-state index contributed by atoms with van der Waals surface area (Å²) in [7, 11) is 3.41. The molecule has 0 bridgehead atoms. The predicted molar refractivity (Wildman–Crippen MR) is 82.5 cm³/mol. The van der Waals surface area contributed by atoms with Crippen molar-refractivity contribution in [2.75, 3.05) is 19.0 Å². The van der Waals surface area contributed by atoms with E-state index in [1.807, 2.05) is 17.8 Å². The summed E-state index contributed by atoms with van der Waals surface area (Å²) in [6.07, 6.45) is 3.58. The second-order valence-electron chi connectivity index (χ2n) is 4.82. The lowest BCUT2D eigenvalue weighted by Crippen LogP contribution is -2.39. The molecule has 1 atom stereocenters. The number of benzene rings is 1. The molecule has 0 aliphatic carbocycles. The fraction of sp³-hybridized carbons (Fsp3) is 0.333. The standard InChI is InChI=1S/C15H20N4O3/c1-19-8-7-17-14(19)10-22-12-5-3-11(4-6-12)18-15(20)13(16)9-21-2/h3-8,13H,9-10,16H2,1-2H3,(H,18,20). The van der Waals surface area contributed by atoms with Crippen LogP contribution in [0.3, 0.4) is 0 Å². The highest BCUT2D eigenvalue weighted by Crippen LogP contribution is 2.16. The molecule has 7 nitrogen and oxygen atoms in total. The summed E-state index contributed by atoms with van der Waals surface area (Å²) in [4.78, 5) is 15.9. The highest BCUT2D eigenvalue weighted by atomic mass is 16.5. The van der Waals surface area contributed by atoms with E-state index in [1.165, 1.54) is 7.11 Å². The number of methoxy groups -OCH3 is 1. The highest BCUT2D eigenvalue weighted by Gasteiger charge is 2.12. The van der Waals surface area contributed by atoms with Crippen molar-refractivity contribution in [3.8, 4) is 5.75 Å². The van der Waals surface area contributed by atoms with Gasteiger partial charge in [-0.15, -0.1) is 0 Å². The number of imidazole rings is 1. The molecule has 3 N–H and O–H groups in total. The van der Waals surface area contributed by atoms with Crippen LogP contribution < -0.4 is 15.8 Å².